The van der Waals surface area contributed by atoms with E-state index >= 15 is 0 Å². The summed E-state index contributed by atoms with van der Waals surface area (Å²) < 4.78 is 0. The Labute approximate surface area is 176 Å². The van der Waals surface area contributed by atoms with Crippen molar-refractivity contribution in [1.82, 2.24) is 0 Å². The van der Waals surface area contributed by atoms with Crippen LogP contribution in [0.15, 0.2) is 36.4 Å². The average molecular weight is 389 g/mol. The molecule has 2 nitrogen and oxygen atoms in total. The summed E-state index contributed by atoms with van der Waals surface area (Å²) in [7, 11) is 0. The van der Waals surface area contributed by atoms with Gasteiger partial charge in [-0.1, -0.05) is 64.5 Å². The molecule has 0 amide bonds. The number of nitrogen functional groups attached to an aromatic ring is 1. The highest BCUT2D eigenvalue weighted by atomic mass is 15.2. The second-order valence-corrected chi connectivity index (χ2v) is 10.2. The maximum Gasteiger partial charge on any atom is 0.0374 e. The van der Waals surface area contributed by atoms with Gasteiger partial charge < -0.3 is 10.6 Å². The number of fused-ring (bicyclic) bond motifs is 3. The summed E-state index contributed by atoms with van der Waals surface area (Å²) in [6, 6.07) is 15.3. The molecule has 0 unspecified atom stereocenters. The normalized spacial score (nSPS) is 21.6. The van der Waals surface area contributed by atoms with Gasteiger partial charge in [-0.3, -0.25) is 0 Å². The van der Waals surface area contributed by atoms with E-state index in [1.54, 1.807) is 0 Å². The molecule has 0 aliphatic heterocycles. The van der Waals surface area contributed by atoms with E-state index in [1.165, 1.54) is 92.1 Å². The molecule has 5 rings (SSSR count). The summed E-state index contributed by atoms with van der Waals surface area (Å²) in [5.41, 5.74) is 14.1. The van der Waals surface area contributed by atoms with Gasteiger partial charge in [0.1, 0.15) is 0 Å². The maximum atomic E-state index is 6.15. The summed E-state index contributed by atoms with van der Waals surface area (Å²) in [5.74, 6) is 0. The van der Waals surface area contributed by atoms with Crippen LogP contribution in [0.3, 0.4) is 0 Å². The minimum absolute atomic E-state index is 0.0147. The Morgan fingerprint density at radius 1 is 0.724 bits per heavy atom. The van der Waals surface area contributed by atoms with Crippen molar-refractivity contribution in [3.63, 3.8) is 0 Å². The molecule has 29 heavy (non-hydrogen) atoms. The Morgan fingerprint density at radius 2 is 1.24 bits per heavy atom. The standard InChI is InChI=1S/C27H36N2/c1-27(2)25-17-19(28)13-15-23(25)24-16-14-22(18-26(24)27)29(20-9-5-3-6-10-20)21-11-7-4-8-12-21/h13-18,20-21H,3-12,28H2,1-2H3. The molecule has 2 N–H and O–H groups in total. The van der Waals surface area contributed by atoms with Crippen LogP contribution in [0.2, 0.25) is 0 Å². The lowest BCUT2D eigenvalue weighted by Crippen LogP contribution is -2.45. The highest BCUT2D eigenvalue weighted by Crippen LogP contribution is 2.50. The lowest BCUT2D eigenvalue weighted by Gasteiger charge is -2.44. The van der Waals surface area contributed by atoms with Crippen LogP contribution in [0, 0.1) is 0 Å². The number of hydrogen-bond donors (Lipinski definition) is 1. The fourth-order valence-electron chi connectivity index (χ4n) is 6.34. The van der Waals surface area contributed by atoms with E-state index < -0.39 is 0 Å². The Hall–Kier alpha value is -1.96. The zero-order valence-corrected chi connectivity index (χ0v) is 18.2. The van der Waals surface area contributed by atoms with Crippen LogP contribution in [-0.2, 0) is 5.41 Å². The largest absolute Gasteiger partial charge is 0.399 e. The Morgan fingerprint density at radius 3 is 1.83 bits per heavy atom. The molecule has 0 bridgehead atoms. The molecule has 2 aromatic carbocycles. The first-order chi connectivity index (χ1) is 14.1. The van der Waals surface area contributed by atoms with Crippen molar-refractivity contribution in [2.45, 2.75) is 95.6 Å². The monoisotopic (exact) mass is 388 g/mol. The van der Waals surface area contributed by atoms with E-state index in [4.69, 9.17) is 5.73 Å². The quantitative estimate of drug-likeness (QED) is 0.571. The summed E-state index contributed by atoms with van der Waals surface area (Å²) in [6.07, 6.45) is 13.9. The highest BCUT2D eigenvalue weighted by molar-refractivity contribution is 5.83. The number of hydrogen-bond acceptors (Lipinski definition) is 2. The van der Waals surface area contributed by atoms with Crippen LogP contribution in [0.1, 0.15) is 89.2 Å². The van der Waals surface area contributed by atoms with Crippen molar-refractivity contribution < 1.29 is 0 Å². The number of nitrogens with zero attached hydrogens (tertiary/aromatic N) is 1. The maximum absolute atomic E-state index is 6.15. The van der Waals surface area contributed by atoms with Crippen molar-refractivity contribution >= 4 is 11.4 Å². The van der Waals surface area contributed by atoms with Crippen LogP contribution >= 0.6 is 0 Å². The van der Waals surface area contributed by atoms with Crippen molar-refractivity contribution in [2.24, 2.45) is 0 Å². The number of benzene rings is 2. The first kappa shape index (κ1) is 19.0. The summed E-state index contributed by atoms with van der Waals surface area (Å²) >= 11 is 0. The summed E-state index contributed by atoms with van der Waals surface area (Å²) in [4.78, 5) is 2.87. The highest BCUT2D eigenvalue weighted by Gasteiger charge is 2.37. The Bertz CT molecular complexity index is 867. The van der Waals surface area contributed by atoms with Crippen LogP contribution in [0.25, 0.3) is 11.1 Å². The van der Waals surface area contributed by atoms with Crippen molar-refractivity contribution in [3.05, 3.63) is 47.5 Å². The van der Waals surface area contributed by atoms with Crippen LogP contribution in [0.4, 0.5) is 11.4 Å². The predicted octanol–water partition coefficient (Wildman–Crippen LogP) is 7.05. The first-order valence-corrected chi connectivity index (χ1v) is 11.9. The van der Waals surface area contributed by atoms with Gasteiger partial charge >= 0.3 is 0 Å². The van der Waals surface area contributed by atoms with Crippen LogP contribution in [-0.4, -0.2) is 12.1 Å². The van der Waals surface area contributed by atoms with Crippen molar-refractivity contribution in [3.8, 4) is 11.1 Å². The smallest absolute Gasteiger partial charge is 0.0374 e. The minimum atomic E-state index is 0.0147. The van der Waals surface area contributed by atoms with E-state index in [2.05, 4.69) is 49.1 Å². The predicted molar refractivity (Wildman–Crippen MR) is 125 cm³/mol. The molecule has 2 fully saturated rings. The lowest BCUT2D eigenvalue weighted by molar-refractivity contribution is 0.340. The molecule has 0 radical (unpaired) electrons. The minimum Gasteiger partial charge on any atom is -0.399 e. The second-order valence-electron chi connectivity index (χ2n) is 10.2. The van der Waals surface area contributed by atoms with Gasteiger partial charge in [0, 0.05) is 28.9 Å². The molecule has 2 aromatic rings. The van der Waals surface area contributed by atoms with Gasteiger partial charge in [0.25, 0.3) is 0 Å². The molecular weight excluding hydrogens is 352 g/mol. The topological polar surface area (TPSA) is 29.3 Å². The van der Waals surface area contributed by atoms with E-state index in [0.29, 0.717) is 0 Å². The molecular formula is C27H36N2. The average Bonchev–Trinajstić information content (AvgIpc) is 2.96. The third kappa shape index (κ3) is 3.25. The van der Waals surface area contributed by atoms with Gasteiger partial charge in [-0.05, 0) is 72.2 Å². The zero-order chi connectivity index (χ0) is 20.0. The molecule has 0 aromatic heterocycles. The molecule has 0 atom stereocenters. The van der Waals surface area contributed by atoms with Gasteiger partial charge in [-0.2, -0.15) is 0 Å². The van der Waals surface area contributed by atoms with Gasteiger partial charge in [0.2, 0.25) is 0 Å². The summed E-state index contributed by atoms with van der Waals surface area (Å²) in [6.45, 7) is 4.74. The Balaban J connectivity index is 1.57. The van der Waals surface area contributed by atoms with E-state index in [9.17, 15) is 0 Å². The van der Waals surface area contributed by atoms with Gasteiger partial charge in [0.05, 0.1) is 0 Å². The van der Waals surface area contributed by atoms with E-state index in [1.807, 2.05) is 6.07 Å². The first-order valence-electron chi connectivity index (χ1n) is 11.9. The third-order valence-corrected chi connectivity index (χ3v) is 7.92. The molecule has 0 heterocycles. The van der Waals surface area contributed by atoms with E-state index in [-0.39, 0.29) is 5.41 Å². The molecule has 2 heteroatoms. The lowest BCUT2D eigenvalue weighted by atomic mass is 9.81. The van der Waals surface area contributed by atoms with Crippen molar-refractivity contribution in [1.29, 1.82) is 0 Å². The van der Waals surface area contributed by atoms with Gasteiger partial charge in [-0.15, -0.1) is 0 Å². The molecule has 0 spiro atoms. The Kier molecular flexibility index (Phi) is 4.84. The molecule has 3 aliphatic carbocycles. The van der Waals surface area contributed by atoms with Crippen molar-refractivity contribution in [2.75, 3.05) is 10.6 Å². The van der Waals surface area contributed by atoms with Crippen LogP contribution in [0.5, 0.6) is 0 Å². The molecule has 154 valence electrons. The van der Waals surface area contributed by atoms with E-state index in [0.717, 1.165) is 17.8 Å². The fourth-order valence-corrected chi connectivity index (χ4v) is 6.34. The SMILES string of the molecule is CC1(C)c2cc(N)ccc2-c2ccc(N(C3CCCCC3)C3CCCCC3)cc21. The van der Waals surface area contributed by atoms with Crippen LogP contribution < -0.4 is 10.6 Å². The molecule has 0 saturated heterocycles. The fraction of sp³-hybridized carbons (Fsp3) is 0.556. The number of nitrogens with two attached hydrogens (primary N) is 1. The number of rotatable bonds is 3. The summed E-state index contributed by atoms with van der Waals surface area (Å²) in [5, 5.41) is 0. The van der Waals surface area contributed by atoms with Gasteiger partial charge in [0.15, 0.2) is 0 Å². The molecule has 3 aliphatic rings. The molecule has 2 saturated carbocycles. The third-order valence-electron chi connectivity index (χ3n) is 7.92. The number of anilines is 2. The van der Waals surface area contributed by atoms with Gasteiger partial charge in [-0.25, -0.2) is 0 Å². The second kappa shape index (κ2) is 7.38. The zero-order valence-electron chi connectivity index (χ0n) is 18.2.